The average Bonchev–Trinajstić information content (AvgIpc) is 2.61. The molecule has 1 aromatic carbocycles. The first-order valence-corrected chi connectivity index (χ1v) is 5.51. The Morgan fingerprint density at radius 3 is 2.94 bits per heavy atom. The van der Waals surface area contributed by atoms with Gasteiger partial charge in [0.2, 0.25) is 0 Å². The summed E-state index contributed by atoms with van der Waals surface area (Å²) in [4.78, 5) is 22.8. The maximum atomic E-state index is 11.5. The van der Waals surface area contributed by atoms with Crippen molar-refractivity contribution in [2.45, 2.75) is 26.2 Å². The molecule has 3 nitrogen and oxygen atoms in total. The Morgan fingerprint density at radius 2 is 2.19 bits per heavy atom. The molecule has 1 aliphatic carbocycles. The molecule has 0 saturated carbocycles. The van der Waals surface area contributed by atoms with E-state index in [1.807, 2.05) is 18.2 Å². The van der Waals surface area contributed by atoms with Gasteiger partial charge in [-0.1, -0.05) is 12.1 Å². The van der Waals surface area contributed by atoms with Crippen LogP contribution in [0, 0.1) is 0 Å². The van der Waals surface area contributed by atoms with Gasteiger partial charge in [-0.2, -0.15) is 0 Å². The average molecular weight is 218 g/mol. The van der Waals surface area contributed by atoms with Crippen LogP contribution in [0.5, 0.6) is 0 Å². The van der Waals surface area contributed by atoms with Crippen LogP contribution in [0.4, 0.5) is 0 Å². The number of carbonyl (C=O) groups is 2. The zero-order valence-electron chi connectivity index (χ0n) is 9.29. The van der Waals surface area contributed by atoms with Gasteiger partial charge in [-0.25, -0.2) is 0 Å². The number of hydrogen-bond donors (Lipinski definition) is 0. The molecular weight excluding hydrogens is 204 g/mol. The SMILES string of the molecule is CCOC(=O)Cc1ccc2c(c1)C(=O)CC2. The van der Waals surface area contributed by atoms with Crippen molar-refractivity contribution in [3.05, 3.63) is 34.9 Å². The fraction of sp³-hybridized carbons (Fsp3) is 0.385. The predicted molar refractivity (Wildman–Crippen MR) is 59.4 cm³/mol. The van der Waals surface area contributed by atoms with E-state index in [-0.39, 0.29) is 18.2 Å². The van der Waals surface area contributed by atoms with E-state index in [0.717, 1.165) is 23.1 Å². The highest BCUT2D eigenvalue weighted by Gasteiger charge is 2.19. The van der Waals surface area contributed by atoms with Crippen molar-refractivity contribution in [2.24, 2.45) is 0 Å². The van der Waals surface area contributed by atoms with Crippen molar-refractivity contribution < 1.29 is 14.3 Å². The van der Waals surface area contributed by atoms with Gasteiger partial charge in [-0.15, -0.1) is 0 Å². The van der Waals surface area contributed by atoms with Gasteiger partial charge in [0, 0.05) is 12.0 Å². The number of rotatable bonds is 3. The summed E-state index contributed by atoms with van der Waals surface area (Å²) < 4.78 is 4.87. The fourth-order valence-electron chi connectivity index (χ4n) is 1.97. The Kier molecular flexibility index (Phi) is 3.04. The number of carbonyl (C=O) groups excluding carboxylic acids is 2. The van der Waals surface area contributed by atoms with Crippen LogP contribution in [-0.4, -0.2) is 18.4 Å². The standard InChI is InChI=1S/C13H14O3/c1-2-16-13(15)8-9-3-4-10-5-6-12(14)11(10)7-9/h3-4,7H,2,5-6,8H2,1H3. The predicted octanol–water partition coefficient (Wildman–Crippen LogP) is 1.92. The molecule has 16 heavy (non-hydrogen) atoms. The van der Waals surface area contributed by atoms with E-state index in [0.29, 0.717) is 13.0 Å². The summed E-state index contributed by atoms with van der Waals surface area (Å²) in [5.74, 6) is -0.0615. The molecule has 0 aromatic heterocycles. The summed E-state index contributed by atoms with van der Waals surface area (Å²) in [7, 11) is 0. The van der Waals surface area contributed by atoms with Gasteiger partial charge < -0.3 is 4.74 Å². The molecule has 0 saturated heterocycles. The number of ketones is 1. The Hall–Kier alpha value is -1.64. The molecule has 0 atom stereocenters. The maximum Gasteiger partial charge on any atom is 0.310 e. The summed E-state index contributed by atoms with van der Waals surface area (Å²) in [6, 6.07) is 5.66. The highest BCUT2D eigenvalue weighted by molar-refractivity contribution is 6.00. The number of aryl methyl sites for hydroxylation is 1. The molecule has 3 heteroatoms. The zero-order valence-corrected chi connectivity index (χ0v) is 9.29. The molecule has 0 aliphatic heterocycles. The molecular formula is C13H14O3. The Bertz CT molecular complexity index is 435. The highest BCUT2D eigenvalue weighted by atomic mass is 16.5. The Morgan fingerprint density at radius 1 is 1.38 bits per heavy atom. The smallest absolute Gasteiger partial charge is 0.310 e. The second kappa shape index (κ2) is 4.47. The lowest BCUT2D eigenvalue weighted by Crippen LogP contribution is -2.08. The summed E-state index contributed by atoms with van der Waals surface area (Å²) in [5.41, 5.74) is 2.73. The molecule has 2 rings (SSSR count). The van der Waals surface area contributed by atoms with Crippen LogP contribution in [-0.2, 0) is 22.4 Å². The topological polar surface area (TPSA) is 43.4 Å². The molecule has 0 fully saturated rings. The van der Waals surface area contributed by atoms with Crippen LogP contribution in [0.2, 0.25) is 0 Å². The monoisotopic (exact) mass is 218 g/mol. The van der Waals surface area contributed by atoms with Gasteiger partial charge in [0.1, 0.15) is 0 Å². The molecule has 0 radical (unpaired) electrons. The van der Waals surface area contributed by atoms with Crippen molar-refractivity contribution in [2.75, 3.05) is 6.61 Å². The first kappa shape index (κ1) is 10.9. The number of Topliss-reactive ketones (excluding diaryl/α,β-unsaturated/α-hetero) is 1. The van der Waals surface area contributed by atoms with E-state index in [1.54, 1.807) is 6.92 Å². The maximum absolute atomic E-state index is 11.5. The van der Waals surface area contributed by atoms with Crippen molar-refractivity contribution in [3.8, 4) is 0 Å². The third-order valence-electron chi connectivity index (χ3n) is 2.75. The van der Waals surface area contributed by atoms with E-state index in [2.05, 4.69) is 0 Å². The number of ether oxygens (including phenoxy) is 1. The van der Waals surface area contributed by atoms with Gasteiger partial charge in [-0.3, -0.25) is 9.59 Å². The van der Waals surface area contributed by atoms with E-state index in [4.69, 9.17) is 4.74 Å². The summed E-state index contributed by atoms with van der Waals surface area (Å²) >= 11 is 0. The summed E-state index contributed by atoms with van der Waals surface area (Å²) in [5, 5.41) is 0. The van der Waals surface area contributed by atoms with Gasteiger partial charge in [-0.05, 0) is 30.5 Å². The van der Waals surface area contributed by atoms with E-state index < -0.39 is 0 Å². The number of esters is 1. The van der Waals surface area contributed by atoms with Gasteiger partial charge in [0.05, 0.1) is 13.0 Å². The lowest BCUT2D eigenvalue weighted by molar-refractivity contribution is -0.142. The minimum absolute atomic E-state index is 0.181. The first-order valence-electron chi connectivity index (χ1n) is 5.51. The van der Waals surface area contributed by atoms with Crippen LogP contribution in [0.3, 0.4) is 0 Å². The molecule has 0 amide bonds. The van der Waals surface area contributed by atoms with Crippen LogP contribution in [0.25, 0.3) is 0 Å². The number of benzene rings is 1. The molecule has 0 bridgehead atoms. The highest BCUT2D eigenvalue weighted by Crippen LogP contribution is 2.23. The van der Waals surface area contributed by atoms with E-state index in [9.17, 15) is 9.59 Å². The minimum Gasteiger partial charge on any atom is -0.466 e. The molecule has 1 aliphatic rings. The normalized spacial score (nSPS) is 13.7. The van der Waals surface area contributed by atoms with Crippen molar-refractivity contribution in [3.63, 3.8) is 0 Å². The van der Waals surface area contributed by atoms with Crippen molar-refractivity contribution >= 4 is 11.8 Å². The van der Waals surface area contributed by atoms with Gasteiger partial charge >= 0.3 is 5.97 Å². The van der Waals surface area contributed by atoms with Gasteiger partial charge in [0.25, 0.3) is 0 Å². The number of hydrogen-bond acceptors (Lipinski definition) is 3. The van der Waals surface area contributed by atoms with Crippen LogP contribution in [0.15, 0.2) is 18.2 Å². The molecule has 84 valence electrons. The third kappa shape index (κ3) is 2.13. The molecule has 0 heterocycles. The Labute approximate surface area is 94.4 Å². The molecule has 1 aromatic rings. The third-order valence-corrected chi connectivity index (χ3v) is 2.75. The fourth-order valence-corrected chi connectivity index (χ4v) is 1.97. The lowest BCUT2D eigenvalue weighted by atomic mass is 10.0. The Balaban J connectivity index is 2.15. The van der Waals surface area contributed by atoms with E-state index in [1.165, 1.54) is 0 Å². The van der Waals surface area contributed by atoms with Crippen LogP contribution >= 0.6 is 0 Å². The largest absolute Gasteiger partial charge is 0.466 e. The molecule has 0 N–H and O–H groups in total. The lowest BCUT2D eigenvalue weighted by Gasteiger charge is -2.04. The quantitative estimate of drug-likeness (QED) is 0.728. The molecule has 0 unspecified atom stereocenters. The van der Waals surface area contributed by atoms with Crippen LogP contribution in [0.1, 0.15) is 34.8 Å². The second-order valence-corrected chi connectivity index (χ2v) is 3.90. The molecule has 0 spiro atoms. The van der Waals surface area contributed by atoms with Crippen molar-refractivity contribution in [1.29, 1.82) is 0 Å². The summed E-state index contributed by atoms with van der Waals surface area (Å²) in [6.45, 7) is 2.17. The van der Waals surface area contributed by atoms with Crippen molar-refractivity contribution in [1.82, 2.24) is 0 Å². The van der Waals surface area contributed by atoms with Gasteiger partial charge in [0.15, 0.2) is 5.78 Å². The first-order chi connectivity index (χ1) is 7.70. The second-order valence-electron chi connectivity index (χ2n) is 3.90. The minimum atomic E-state index is -0.243. The summed E-state index contributed by atoms with van der Waals surface area (Å²) in [6.07, 6.45) is 1.67. The zero-order chi connectivity index (χ0) is 11.5. The van der Waals surface area contributed by atoms with Crippen LogP contribution < -0.4 is 0 Å². The number of fused-ring (bicyclic) bond motifs is 1. The van der Waals surface area contributed by atoms with E-state index >= 15 is 0 Å².